The van der Waals surface area contributed by atoms with E-state index in [0.717, 1.165) is 5.56 Å². The molecule has 27 heavy (non-hydrogen) atoms. The molecular formula is C20H15ClN2O4. The highest BCUT2D eigenvalue weighted by molar-refractivity contribution is 6.32. The Balaban J connectivity index is 2.00. The van der Waals surface area contributed by atoms with E-state index in [1.54, 1.807) is 24.4 Å². The van der Waals surface area contributed by atoms with Gasteiger partial charge in [0.2, 0.25) is 0 Å². The third-order valence-electron chi connectivity index (χ3n) is 3.97. The molecule has 0 aliphatic heterocycles. The molecule has 0 unspecified atom stereocenters. The molecule has 1 aromatic heterocycles. The van der Waals surface area contributed by atoms with Gasteiger partial charge >= 0.3 is 11.9 Å². The number of benzene rings is 2. The minimum atomic E-state index is -1.04. The maximum absolute atomic E-state index is 11.1. The summed E-state index contributed by atoms with van der Waals surface area (Å²) in [4.78, 5) is 30.8. The Hall–Kier alpha value is -3.25. The first-order valence-electron chi connectivity index (χ1n) is 8.08. The Labute approximate surface area is 160 Å². The monoisotopic (exact) mass is 382 g/mol. The van der Waals surface area contributed by atoms with Crippen LogP contribution in [0.1, 0.15) is 11.1 Å². The standard InChI is InChI=1S/C20H15ClN2O4/c21-19-16(11-22-20(23-19)12-4-2-1-3-5-12)14-7-6-13(9-17(24)25)15(8-14)10-18(26)27/h1-8,11H,9-10H2,(H,24,25)(H,26,27). The minimum Gasteiger partial charge on any atom is -0.481 e. The van der Waals surface area contributed by atoms with Gasteiger partial charge in [-0.3, -0.25) is 9.59 Å². The van der Waals surface area contributed by atoms with Crippen molar-refractivity contribution in [3.8, 4) is 22.5 Å². The summed E-state index contributed by atoms with van der Waals surface area (Å²) in [5.74, 6) is -1.58. The van der Waals surface area contributed by atoms with Crippen LogP contribution in [0.3, 0.4) is 0 Å². The second-order valence-electron chi connectivity index (χ2n) is 5.89. The van der Waals surface area contributed by atoms with Gasteiger partial charge in [-0.05, 0) is 16.7 Å². The van der Waals surface area contributed by atoms with Gasteiger partial charge in [0, 0.05) is 17.3 Å². The Morgan fingerprint density at radius 1 is 0.889 bits per heavy atom. The molecule has 6 nitrogen and oxygen atoms in total. The van der Waals surface area contributed by atoms with Gasteiger partial charge in [-0.1, -0.05) is 60.1 Å². The molecule has 3 rings (SSSR count). The molecule has 7 heteroatoms. The summed E-state index contributed by atoms with van der Waals surface area (Å²) in [5.41, 5.74) is 2.88. The maximum atomic E-state index is 11.1. The molecule has 0 saturated heterocycles. The van der Waals surface area contributed by atoms with Crippen molar-refractivity contribution < 1.29 is 19.8 Å². The van der Waals surface area contributed by atoms with Crippen LogP contribution in [0.15, 0.2) is 54.7 Å². The zero-order valence-electron chi connectivity index (χ0n) is 14.1. The third kappa shape index (κ3) is 4.48. The van der Waals surface area contributed by atoms with Crippen LogP contribution in [0.4, 0.5) is 0 Å². The van der Waals surface area contributed by atoms with Crippen LogP contribution < -0.4 is 0 Å². The highest BCUT2D eigenvalue weighted by Gasteiger charge is 2.14. The van der Waals surface area contributed by atoms with Crippen LogP contribution in [-0.2, 0) is 22.4 Å². The number of carboxylic acids is 2. The zero-order valence-corrected chi connectivity index (χ0v) is 14.8. The number of hydrogen-bond donors (Lipinski definition) is 2. The molecule has 0 atom stereocenters. The maximum Gasteiger partial charge on any atom is 0.307 e. The van der Waals surface area contributed by atoms with Crippen LogP contribution in [0.2, 0.25) is 5.15 Å². The molecule has 0 amide bonds. The average molecular weight is 383 g/mol. The lowest BCUT2D eigenvalue weighted by Gasteiger charge is -2.11. The van der Waals surface area contributed by atoms with Gasteiger partial charge in [0.15, 0.2) is 5.82 Å². The number of aliphatic carboxylic acids is 2. The summed E-state index contributed by atoms with van der Waals surface area (Å²) in [6, 6.07) is 14.3. The normalized spacial score (nSPS) is 10.6. The van der Waals surface area contributed by atoms with E-state index >= 15 is 0 Å². The molecule has 0 bridgehead atoms. The van der Waals surface area contributed by atoms with Crippen molar-refractivity contribution in [2.75, 3.05) is 0 Å². The number of hydrogen-bond acceptors (Lipinski definition) is 4. The van der Waals surface area contributed by atoms with Gasteiger partial charge in [0.1, 0.15) is 5.15 Å². The molecule has 136 valence electrons. The van der Waals surface area contributed by atoms with Gasteiger partial charge in [0.05, 0.1) is 12.8 Å². The molecule has 0 aliphatic rings. The predicted octanol–water partition coefficient (Wildman–Crippen LogP) is 3.72. The summed E-state index contributed by atoms with van der Waals surface area (Å²) >= 11 is 6.33. The van der Waals surface area contributed by atoms with Crippen LogP contribution in [-0.4, -0.2) is 32.1 Å². The zero-order chi connectivity index (χ0) is 19.4. The number of rotatable bonds is 6. The van der Waals surface area contributed by atoms with E-state index in [1.807, 2.05) is 30.3 Å². The highest BCUT2D eigenvalue weighted by Crippen LogP contribution is 2.29. The first kappa shape index (κ1) is 18.5. The van der Waals surface area contributed by atoms with Crippen LogP contribution in [0.5, 0.6) is 0 Å². The van der Waals surface area contributed by atoms with E-state index < -0.39 is 11.9 Å². The SMILES string of the molecule is O=C(O)Cc1ccc(-c2cnc(-c3ccccc3)nc2Cl)cc1CC(=O)O. The number of carboxylic acid groups (broad SMARTS) is 2. The van der Waals surface area contributed by atoms with Gasteiger partial charge in [-0.15, -0.1) is 0 Å². The van der Waals surface area contributed by atoms with Crippen molar-refractivity contribution in [3.63, 3.8) is 0 Å². The lowest BCUT2D eigenvalue weighted by Crippen LogP contribution is -2.08. The van der Waals surface area contributed by atoms with E-state index in [0.29, 0.717) is 28.1 Å². The number of aromatic nitrogens is 2. The van der Waals surface area contributed by atoms with E-state index in [1.165, 1.54) is 0 Å². The smallest absolute Gasteiger partial charge is 0.307 e. The average Bonchev–Trinajstić information content (AvgIpc) is 2.63. The van der Waals surface area contributed by atoms with Crippen LogP contribution >= 0.6 is 11.6 Å². The molecule has 0 radical (unpaired) electrons. The first-order chi connectivity index (χ1) is 12.9. The minimum absolute atomic E-state index is 0.233. The fraction of sp³-hybridized carbons (Fsp3) is 0.100. The largest absolute Gasteiger partial charge is 0.481 e. The highest BCUT2D eigenvalue weighted by atomic mass is 35.5. The van der Waals surface area contributed by atoms with Crippen molar-refractivity contribution in [1.82, 2.24) is 9.97 Å². The van der Waals surface area contributed by atoms with Crippen LogP contribution in [0.25, 0.3) is 22.5 Å². The summed E-state index contributed by atoms with van der Waals surface area (Å²) in [6.07, 6.45) is 1.05. The second kappa shape index (κ2) is 7.97. The van der Waals surface area contributed by atoms with E-state index in [4.69, 9.17) is 21.8 Å². The van der Waals surface area contributed by atoms with E-state index in [9.17, 15) is 9.59 Å². The molecule has 0 saturated carbocycles. The van der Waals surface area contributed by atoms with Crippen molar-refractivity contribution in [3.05, 3.63) is 71.0 Å². The molecule has 3 aromatic rings. The van der Waals surface area contributed by atoms with Gasteiger partial charge in [0.25, 0.3) is 0 Å². The molecule has 2 aromatic carbocycles. The molecule has 0 aliphatic carbocycles. The third-order valence-corrected chi connectivity index (χ3v) is 4.26. The number of nitrogens with zero attached hydrogens (tertiary/aromatic N) is 2. The lowest BCUT2D eigenvalue weighted by atomic mass is 9.97. The van der Waals surface area contributed by atoms with E-state index in [2.05, 4.69) is 9.97 Å². The Morgan fingerprint density at radius 3 is 2.19 bits per heavy atom. The lowest BCUT2D eigenvalue weighted by molar-refractivity contribution is -0.137. The molecule has 2 N–H and O–H groups in total. The molecule has 0 spiro atoms. The van der Waals surface area contributed by atoms with Crippen molar-refractivity contribution >= 4 is 23.5 Å². The van der Waals surface area contributed by atoms with Gasteiger partial charge < -0.3 is 10.2 Å². The summed E-state index contributed by atoms with van der Waals surface area (Å²) < 4.78 is 0. The van der Waals surface area contributed by atoms with Gasteiger partial charge in [-0.2, -0.15) is 0 Å². The molecule has 0 fully saturated rings. The molecule has 1 heterocycles. The summed E-state index contributed by atoms with van der Waals surface area (Å²) in [5, 5.41) is 18.3. The number of halogens is 1. The van der Waals surface area contributed by atoms with Crippen LogP contribution in [0, 0.1) is 0 Å². The first-order valence-corrected chi connectivity index (χ1v) is 8.45. The second-order valence-corrected chi connectivity index (χ2v) is 6.25. The molecular weight excluding hydrogens is 368 g/mol. The predicted molar refractivity (Wildman–Crippen MR) is 101 cm³/mol. The fourth-order valence-corrected chi connectivity index (χ4v) is 2.98. The summed E-state index contributed by atoms with van der Waals surface area (Å²) in [6.45, 7) is 0. The Bertz CT molecular complexity index is 1010. The fourth-order valence-electron chi connectivity index (χ4n) is 2.74. The quantitative estimate of drug-likeness (QED) is 0.630. The van der Waals surface area contributed by atoms with Gasteiger partial charge in [-0.25, -0.2) is 9.97 Å². The number of carbonyl (C=O) groups is 2. The van der Waals surface area contributed by atoms with Crippen molar-refractivity contribution in [2.45, 2.75) is 12.8 Å². The Kier molecular flexibility index (Phi) is 5.47. The van der Waals surface area contributed by atoms with E-state index in [-0.39, 0.29) is 18.0 Å². The topological polar surface area (TPSA) is 100 Å². The van der Waals surface area contributed by atoms with Crippen molar-refractivity contribution in [1.29, 1.82) is 0 Å². The summed E-state index contributed by atoms with van der Waals surface area (Å²) in [7, 11) is 0. The van der Waals surface area contributed by atoms with Crippen molar-refractivity contribution in [2.24, 2.45) is 0 Å². The Morgan fingerprint density at radius 2 is 1.56 bits per heavy atom.